The van der Waals surface area contributed by atoms with Crippen LogP contribution in [0.15, 0.2) is 24.3 Å². The number of halogens is 1. The number of anilines is 1. The molecule has 98 valence electrons. The molecule has 1 aliphatic rings. The first-order chi connectivity index (χ1) is 8.70. The molecule has 5 heteroatoms. The van der Waals surface area contributed by atoms with E-state index in [0.29, 0.717) is 6.54 Å². The smallest absolute Gasteiger partial charge is 0.317 e. The van der Waals surface area contributed by atoms with Crippen LogP contribution in [0.1, 0.15) is 6.92 Å². The third-order valence-electron chi connectivity index (χ3n) is 3.07. The summed E-state index contributed by atoms with van der Waals surface area (Å²) in [6.45, 7) is 5.79. The van der Waals surface area contributed by atoms with E-state index in [-0.39, 0.29) is 6.03 Å². The minimum Gasteiger partial charge on any atom is -0.368 e. The van der Waals surface area contributed by atoms with Crippen molar-refractivity contribution in [2.45, 2.75) is 6.92 Å². The van der Waals surface area contributed by atoms with Gasteiger partial charge in [-0.2, -0.15) is 0 Å². The molecular formula is C13H18ClN3O. The topological polar surface area (TPSA) is 35.6 Å². The van der Waals surface area contributed by atoms with E-state index in [9.17, 15) is 4.79 Å². The molecule has 4 nitrogen and oxygen atoms in total. The zero-order valence-electron chi connectivity index (χ0n) is 10.5. The molecule has 18 heavy (non-hydrogen) atoms. The number of carbonyl (C=O) groups is 1. The molecule has 0 aromatic heterocycles. The van der Waals surface area contributed by atoms with Gasteiger partial charge in [0.1, 0.15) is 0 Å². The van der Waals surface area contributed by atoms with Crippen molar-refractivity contribution >= 4 is 23.3 Å². The third-order valence-corrected chi connectivity index (χ3v) is 3.30. The Kier molecular flexibility index (Phi) is 4.31. The summed E-state index contributed by atoms with van der Waals surface area (Å²) in [5.41, 5.74) is 1.12. The van der Waals surface area contributed by atoms with Gasteiger partial charge in [0.25, 0.3) is 0 Å². The Bertz CT molecular complexity index is 416. The Hall–Kier alpha value is -1.42. The Morgan fingerprint density at radius 3 is 2.67 bits per heavy atom. The van der Waals surface area contributed by atoms with Crippen molar-refractivity contribution in [3.05, 3.63) is 29.3 Å². The van der Waals surface area contributed by atoms with Crippen LogP contribution in [0.3, 0.4) is 0 Å². The molecule has 1 N–H and O–H groups in total. The maximum absolute atomic E-state index is 11.7. The number of benzene rings is 1. The molecule has 1 heterocycles. The van der Waals surface area contributed by atoms with Crippen molar-refractivity contribution in [3.63, 3.8) is 0 Å². The highest BCUT2D eigenvalue weighted by Crippen LogP contribution is 2.20. The zero-order valence-corrected chi connectivity index (χ0v) is 11.3. The van der Waals surface area contributed by atoms with E-state index in [1.54, 1.807) is 0 Å². The molecule has 1 aromatic rings. The van der Waals surface area contributed by atoms with Crippen LogP contribution < -0.4 is 10.2 Å². The number of carbonyl (C=O) groups excluding carboxylic acids is 1. The molecular weight excluding hydrogens is 250 g/mol. The summed E-state index contributed by atoms with van der Waals surface area (Å²) in [6.07, 6.45) is 0. The first kappa shape index (κ1) is 13.0. The molecule has 0 radical (unpaired) electrons. The second-order valence-electron chi connectivity index (χ2n) is 4.29. The van der Waals surface area contributed by atoms with Gasteiger partial charge < -0.3 is 15.1 Å². The largest absolute Gasteiger partial charge is 0.368 e. The SMILES string of the molecule is CCNC(=O)N1CCN(c2cccc(Cl)c2)CC1. The van der Waals surface area contributed by atoms with Crippen LogP contribution >= 0.6 is 11.6 Å². The summed E-state index contributed by atoms with van der Waals surface area (Å²) in [7, 11) is 0. The van der Waals surface area contributed by atoms with E-state index in [1.165, 1.54) is 0 Å². The zero-order chi connectivity index (χ0) is 13.0. The van der Waals surface area contributed by atoms with Crippen molar-refractivity contribution in [2.24, 2.45) is 0 Å². The molecule has 1 fully saturated rings. The number of hydrogen-bond donors (Lipinski definition) is 1. The number of nitrogens with zero attached hydrogens (tertiary/aromatic N) is 2. The summed E-state index contributed by atoms with van der Waals surface area (Å²) < 4.78 is 0. The summed E-state index contributed by atoms with van der Waals surface area (Å²) in [5, 5.41) is 3.58. The van der Waals surface area contributed by atoms with Gasteiger partial charge in [-0.15, -0.1) is 0 Å². The number of urea groups is 1. The number of hydrogen-bond acceptors (Lipinski definition) is 2. The normalized spacial score (nSPS) is 15.7. The summed E-state index contributed by atoms with van der Waals surface area (Å²) in [5.74, 6) is 0. The van der Waals surface area contributed by atoms with Gasteiger partial charge in [-0.3, -0.25) is 0 Å². The van der Waals surface area contributed by atoms with Gasteiger partial charge in [0.2, 0.25) is 0 Å². The number of rotatable bonds is 2. The van der Waals surface area contributed by atoms with E-state index in [1.807, 2.05) is 36.1 Å². The summed E-state index contributed by atoms with van der Waals surface area (Å²) in [6, 6.07) is 7.86. The van der Waals surface area contributed by atoms with Gasteiger partial charge in [0.05, 0.1) is 0 Å². The summed E-state index contributed by atoms with van der Waals surface area (Å²) >= 11 is 5.98. The lowest BCUT2D eigenvalue weighted by molar-refractivity contribution is 0.195. The second kappa shape index (κ2) is 5.96. The van der Waals surface area contributed by atoms with Crippen LogP contribution in [0.5, 0.6) is 0 Å². The number of amides is 2. The van der Waals surface area contributed by atoms with E-state index in [4.69, 9.17) is 11.6 Å². The standard InChI is InChI=1S/C13H18ClN3O/c1-2-15-13(18)17-8-6-16(7-9-17)12-5-3-4-11(14)10-12/h3-5,10H,2,6-9H2,1H3,(H,15,18). The Morgan fingerprint density at radius 1 is 1.33 bits per heavy atom. The van der Waals surface area contributed by atoms with Crippen molar-refractivity contribution in [3.8, 4) is 0 Å². The molecule has 2 rings (SSSR count). The fourth-order valence-corrected chi connectivity index (χ4v) is 2.29. The lowest BCUT2D eigenvalue weighted by Crippen LogP contribution is -2.51. The highest BCUT2D eigenvalue weighted by Gasteiger charge is 2.20. The molecule has 1 aliphatic heterocycles. The lowest BCUT2D eigenvalue weighted by Gasteiger charge is -2.36. The molecule has 0 spiro atoms. The monoisotopic (exact) mass is 267 g/mol. The molecule has 0 atom stereocenters. The van der Waals surface area contributed by atoms with Crippen LogP contribution in [0.4, 0.5) is 10.5 Å². The molecule has 0 bridgehead atoms. The van der Waals surface area contributed by atoms with Crippen LogP contribution in [-0.2, 0) is 0 Å². The van der Waals surface area contributed by atoms with Crippen LogP contribution in [0.25, 0.3) is 0 Å². The van der Waals surface area contributed by atoms with Crippen LogP contribution in [-0.4, -0.2) is 43.7 Å². The Labute approximate surface area is 113 Å². The highest BCUT2D eigenvalue weighted by atomic mass is 35.5. The first-order valence-corrected chi connectivity index (χ1v) is 6.62. The minimum absolute atomic E-state index is 0.0308. The van der Waals surface area contributed by atoms with Gasteiger partial charge in [0.15, 0.2) is 0 Å². The molecule has 0 saturated carbocycles. The fourth-order valence-electron chi connectivity index (χ4n) is 2.10. The maximum atomic E-state index is 11.7. The van der Waals surface area contributed by atoms with E-state index in [0.717, 1.165) is 36.9 Å². The molecule has 2 amide bonds. The Balaban J connectivity index is 1.92. The fraction of sp³-hybridized carbons (Fsp3) is 0.462. The van der Waals surface area contributed by atoms with Crippen molar-refractivity contribution in [2.75, 3.05) is 37.6 Å². The van der Waals surface area contributed by atoms with Crippen LogP contribution in [0, 0.1) is 0 Å². The van der Waals surface area contributed by atoms with E-state index >= 15 is 0 Å². The maximum Gasteiger partial charge on any atom is 0.317 e. The van der Waals surface area contributed by atoms with Gasteiger partial charge in [0, 0.05) is 43.4 Å². The van der Waals surface area contributed by atoms with Crippen LogP contribution in [0.2, 0.25) is 5.02 Å². The van der Waals surface area contributed by atoms with Gasteiger partial charge >= 0.3 is 6.03 Å². The van der Waals surface area contributed by atoms with E-state index < -0.39 is 0 Å². The third kappa shape index (κ3) is 3.07. The minimum atomic E-state index is 0.0308. The first-order valence-electron chi connectivity index (χ1n) is 6.24. The second-order valence-corrected chi connectivity index (χ2v) is 4.73. The lowest BCUT2D eigenvalue weighted by atomic mass is 10.2. The highest BCUT2D eigenvalue weighted by molar-refractivity contribution is 6.30. The number of nitrogens with one attached hydrogen (secondary N) is 1. The summed E-state index contributed by atoms with van der Waals surface area (Å²) in [4.78, 5) is 15.8. The van der Waals surface area contributed by atoms with Gasteiger partial charge in [-0.25, -0.2) is 4.79 Å². The van der Waals surface area contributed by atoms with Crippen molar-refractivity contribution < 1.29 is 4.79 Å². The van der Waals surface area contributed by atoms with Gasteiger partial charge in [-0.05, 0) is 25.1 Å². The Morgan fingerprint density at radius 2 is 2.06 bits per heavy atom. The number of piperazine rings is 1. The molecule has 1 saturated heterocycles. The predicted octanol–water partition coefficient (Wildman–Crippen LogP) is 2.19. The molecule has 1 aromatic carbocycles. The quantitative estimate of drug-likeness (QED) is 0.892. The molecule has 0 aliphatic carbocycles. The van der Waals surface area contributed by atoms with Crippen molar-refractivity contribution in [1.82, 2.24) is 10.2 Å². The van der Waals surface area contributed by atoms with Gasteiger partial charge in [-0.1, -0.05) is 17.7 Å². The molecule has 0 unspecified atom stereocenters. The predicted molar refractivity (Wildman–Crippen MR) is 74.3 cm³/mol. The average Bonchev–Trinajstić information content (AvgIpc) is 2.39. The van der Waals surface area contributed by atoms with Crippen molar-refractivity contribution in [1.29, 1.82) is 0 Å². The average molecular weight is 268 g/mol. The van der Waals surface area contributed by atoms with E-state index in [2.05, 4.69) is 10.2 Å².